The molecule has 1 aromatic carbocycles. The standard InChI is InChI=1S/C14H20F2N2O/c1-17-8-9-18(2)14(19)5-3-4-11-6-7-12(15)13(16)10-11/h6-7,10,17H,3-5,8-9H2,1-2H3. The Balaban J connectivity index is 2.33. The molecular weight excluding hydrogens is 250 g/mol. The van der Waals surface area contributed by atoms with Crippen molar-refractivity contribution < 1.29 is 13.6 Å². The van der Waals surface area contributed by atoms with E-state index in [1.54, 1.807) is 18.0 Å². The molecular formula is C14H20F2N2O. The molecule has 0 unspecified atom stereocenters. The van der Waals surface area contributed by atoms with Gasteiger partial charge in [0.15, 0.2) is 11.6 Å². The third kappa shape index (κ3) is 5.34. The number of rotatable bonds is 7. The minimum atomic E-state index is -0.841. The zero-order valence-corrected chi connectivity index (χ0v) is 11.4. The van der Waals surface area contributed by atoms with E-state index in [0.717, 1.165) is 12.6 Å². The number of hydrogen-bond donors (Lipinski definition) is 1. The Morgan fingerprint density at radius 3 is 2.68 bits per heavy atom. The fourth-order valence-corrected chi connectivity index (χ4v) is 1.73. The Labute approximate surface area is 112 Å². The average Bonchev–Trinajstić information content (AvgIpc) is 2.39. The van der Waals surface area contributed by atoms with Gasteiger partial charge in [0, 0.05) is 26.6 Å². The van der Waals surface area contributed by atoms with Crippen LogP contribution >= 0.6 is 0 Å². The largest absolute Gasteiger partial charge is 0.344 e. The van der Waals surface area contributed by atoms with Gasteiger partial charge >= 0.3 is 0 Å². The summed E-state index contributed by atoms with van der Waals surface area (Å²) in [6, 6.07) is 3.85. The Hall–Kier alpha value is -1.49. The van der Waals surface area contributed by atoms with Crippen LogP contribution in [0, 0.1) is 11.6 Å². The van der Waals surface area contributed by atoms with E-state index < -0.39 is 11.6 Å². The van der Waals surface area contributed by atoms with Crippen LogP contribution in [-0.4, -0.2) is 38.0 Å². The number of likely N-dealkylation sites (N-methyl/N-ethyl adjacent to an activating group) is 2. The minimum absolute atomic E-state index is 0.0674. The first kappa shape index (κ1) is 15.6. The maximum Gasteiger partial charge on any atom is 0.222 e. The van der Waals surface area contributed by atoms with Gasteiger partial charge in [-0.2, -0.15) is 0 Å². The molecule has 0 aliphatic rings. The second kappa shape index (κ2) is 7.84. The van der Waals surface area contributed by atoms with Gasteiger partial charge in [-0.15, -0.1) is 0 Å². The summed E-state index contributed by atoms with van der Waals surface area (Å²) in [6.07, 6.45) is 1.62. The minimum Gasteiger partial charge on any atom is -0.344 e. The third-order valence-corrected chi connectivity index (χ3v) is 2.96. The number of benzene rings is 1. The lowest BCUT2D eigenvalue weighted by Crippen LogP contribution is -2.32. The highest BCUT2D eigenvalue weighted by atomic mass is 19.2. The lowest BCUT2D eigenvalue weighted by molar-refractivity contribution is -0.129. The number of hydrogen-bond acceptors (Lipinski definition) is 2. The van der Waals surface area contributed by atoms with Crippen LogP contribution in [0.1, 0.15) is 18.4 Å². The second-order valence-corrected chi connectivity index (χ2v) is 4.52. The van der Waals surface area contributed by atoms with Gasteiger partial charge in [0.2, 0.25) is 5.91 Å². The monoisotopic (exact) mass is 270 g/mol. The van der Waals surface area contributed by atoms with E-state index in [4.69, 9.17) is 0 Å². The number of aryl methyl sites for hydroxylation is 1. The quantitative estimate of drug-likeness (QED) is 0.821. The van der Waals surface area contributed by atoms with E-state index in [9.17, 15) is 13.6 Å². The first-order valence-corrected chi connectivity index (χ1v) is 6.37. The normalized spacial score (nSPS) is 10.5. The molecule has 0 aromatic heterocycles. The predicted octanol–water partition coefficient (Wildman–Crippen LogP) is 1.97. The molecule has 0 bridgehead atoms. The van der Waals surface area contributed by atoms with Crippen molar-refractivity contribution in [3.8, 4) is 0 Å². The number of nitrogens with zero attached hydrogens (tertiary/aromatic N) is 1. The van der Waals surface area contributed by atoms with Gasteiger partial charge in [-0.3, -0.25) is 4.79 Å². The highest BCUT2D eigenvalue weighted by Crippen LogP contribution is 2.11. The summed E-state index contributed by atoms with van der Waals surface area (Å²) in [6.45, 7) is 1.42. The van der Waals surface area contributed by atoms with Crippen LogP contribution in [0.2, 0.25) is 0 Å². The van der Waals surface area contributed by atoms with Gasteiger partial charge in [-0.05, 0) is 37.6 Å². The summed E-state index contributed by atoms with van der Waals surface area (Å²) in [7, 11) is 3.60. The first-order valence-electron chi connectivity index (χ1n) is 6.37. The molecule has 0 saturated carbocycles. The van der Waals surface area contributed by atoms with Crippen molar-refractivity contribution in [2.24, 2.45) is 0 Å². The van der Waals surface area contributed by atoms with E-state index in [-0.39, 0.29) is 5.91 Å². The molecule has 19 heavy (non-hydrogen) atoms. The number of carbonyl (C=O) groups excluding carboxylic acids is 1. The Bertz CT molecular complexity index is 424. The molecule has 0 heterocycles. The van der Waals surface area contributed by atoms with Crippen LogP contribution in [-0.2, 0) is 11.2 Å². The zero-order chi connectivity index (χ0) is 14.3. The smallest absolute Gasteiger partial charge is 0.222 e. The summed E-state index contributed by atoms with van der Waals surface area (Å²) in [5, 5.41) is 2.98. The summed E-state index contributed by atoms with van der Waals surface area (Å²) in [5.41, 5.74) is 0.713. The van der Waals surface area contributed by atoms with Crippen LogP contribution in [0.4, 0.5) is 8.78 Å². The fraction of sp³-hybridized carbons (Fsp3) is 0.500. The molecule has 1 rings (SSSR count). The SMILES string of the molecule is CNCCN(C)C(=O)CCCc1ccc(F)c(F)c1. The first-order chi connectivity index (χ1) is 9.04. The molecule has 106 valence electrons. The van der Waals surface area contributed by atoms with E-state index in [1.165, 1.54) is 6.07 Å². The van der Waals surface area contributed by atoms with Gasteiger partial charge in [0.25, 0.3) is 0 Å². The molecule has 5 heteroatoms. The summed E-state index contributed by atoms with van der Waals surface area (Å²) in [4.78, 5) is 13.4. The van der Waals surface area contributed by atoms with Gasteiger partial charge in [0.05, 0.1) is 0 Å². The van der Waals surface area contributed by atoms with Gasteiger partial charge in [0.1, 0.15) is 0 Å². The van der Waals surface area contributed by atoms with Crippen molar-refractivity contribution >= 4 is 5.91 Å². The van der Waals surface area contributed by atoms with Crippen LogP contribution in [0.5, 0.6) is 0 Å². The number of amides is 1. The van der Waals surface area contributed by atoms with Crippen molar-refractivity contribution in [3.05, 3.63) is 35.4 Å². The molecule has 1 amide bonds. The molecule has 0 aliphatic carbocycles. The van der Waals surface area contributed by atoms with Crippen molar-refractivity contribution in [1.29, 1.82) is 0 Å². The Morgan fingerprint density at radius 2 is 2.05 bits per heavy atom. The molecule has 0 radical (unpaired) electrons. The van der Waals surface area contributed by atoms with E-state index in [1.807, 2.05) is 7.05 Å². The molecule has 0 saturated heterocycles. The Morgan fingerprint density at radius 1 is 1.32 bits per heavy atom. The molecule has 0 spiro atoms. The average molecular weight is 270 g/mol. The van der Waals surface area contributed by atoms with Crippen molar-refractivity contribution in [3.63, 3.8) is 0 Å². The highest BCUT2D eigenvalue weighted by molar-refractivity contribution is 5.75. The molecule has 0 atom stereocenters. The lowest BCUT2D eigenvalue weighted by atomic mass is 10.1. The van der Waals surface area contributed by atoms with Gasteiger partial charge in [-0.1, -0.05) is 6.07 Å². The fourth-order valence-electron chi connectivity index (χ4n) is 1.73. The molecule has 0 fully saturated rings. The van der Waals surface area contributed by atoms with Gasteiger partial charge in [-0.25, -0.2) is 8.78 Å². The van der Waals surface area contributed by atoms with Crippen LogP contribution in [0.15, 0.2) is 18.2 Å². The van der Waals surface area contributed by atoms with E-state index in [0.29, 0.717) is 31.4 Å². The number of carbonyl (C=O) groups is 1. The topological polar surface area (TPSA) is 32.3 Å². The van der Waals surface area contributed by atoms with Crippen molar-refractivity contribution in [2.45, 2.75) is 19.3 Å². The number of nitrogens with one attached hydrogen (secondary N) is 1. The van der Waals surface area contributed by atoms with Crippen LogP contribution in [0.25, 0.3) is 0 Å². The summed E-state index contributed by atoms with van der Waals surface area (Å²) < 4.78 is 25.7. The summed E-state index contributed by atoms with van der Waals surface area (Å²) >= 11 is 0. The van der Waals surface area contributed by atoms with Gasteiger partial charge < -0.3 is 10.2 Å². The maximum absolute atomic E-state index is 13.0. The van der Waals surface area contributed by atoms with E-state index >= 15 is 0 Å². The molecule has 1 N–H and O–H groups in total. The maximum atomic E-state index is 13.0. The van der Waals surface area contributed by atoms with Crippen LogP contribution < -0.4 is 5.32 Å². The summed E-state index contributed by atoms with van der Waals surface area (Å²) in [5.74, 6) is -1.61. The Kier molecular flexibility index (Phi) is 6.42. The van der Waals surface area contributed by atoms with Crippen molar-refractivity contribution in [1.82, 2.24) is 10.2 Å². The highest BCUT2D eigenvalue weighted by Gasteiger charge is 2.08. The van der Waals surface area contributed by atoms with E-state index in [2.05, 4.69) is 5.32 Å². The van der Waals surface area contributed by atoms with Crippen LogP contribution in [0.3, 0.4) is 0 Å². The molecule has 3 nitrogen and oxygen atoms in total. The third-order valence-electron chi connectivity index (χ3n) is 2.96. The zero-order valence-electron chi connectivity index (χ0n) is 11.4. The second-order valence-electron chi connectivity index (χ2n) is 4.52. The lowest BCUT2D eigenvalue weighted by Gasteiger charge is -2.16. The predicted molar refractivity (Wildman–Crippen MR) is 70.9 cm³/mol. The molecule has 1 aromatic rings. The molecule has 0 aliphatic heterocycles. The van der Waals surface area contributed by atoms with Crippen molar-refractivity contribution in [2.75, 3.05) is 27.2 Å². The number of halogens is 2.